The van der Waals surface area contributed by atoms with Gasteiger partial charge in [0.1, 0.15) is 5.75 Å². The van der Waals surface area contributed by atoms with E-state index in [1.807, 2.05) is 59.2 Å². The minimum atomic E-state index is 0.0578. The fourth-order valence-electron chi connectivity index (χ4n) is 3.92. The zero-order valence-corrected chi connectivity index (χ0v) is 18.6. The van der Waals surface area contributed by atoms with Gasteiger partial charge < -0.3 is 10.1 Å². The second-order valence-electron chi connectivity index (χ2n) is 7.75. The molecule has 1 amide bonds. The Labute approximate surface area is 187 Å². The van der Waals surface area contributed by atoms with E-state index >= 15 is 0 Å². The largest absolute Gasteiger partial charge is 0.497 e. The van der Waals surface area contributed by atoms with Crippen molar-refractivity contribution in [2.24, 2.45) is 0 Å². The lowest BCUT2D eigenvalue weighted by Crippen LogP contribution is -2.35. The molecule has 0 spiro atoms. The van der Waals surface area contributed by atoms with Crippen molar-refractivity contribution >= 4 is 17.7 Å². The maximum atomic E-state index is 12.6. The molecule has 0 aliphatic heterocycles. The summed E-state index contributed by atoms with van der Waals surface area (Å²) >= 11 is 1.42. The molecule has 0 bridgehead atoms. The minimum Gasteiger partial charge on any atom is -0.497 e. The molecule has 0 radical (unpaired) electrons. The molecule has 1 saturated carbocycles. The average molecular weight is 437 g/mol. The Morgan fingerprint density at radius 3 is 2.42 bits per heavy atom. The molecule has 1 aliphatic carbocycles. The van der Waals surface area contributed by atoms with Crippen LogP contribution >= 0.6 is 11.8 Å². The van der Waals surface area contributed by atoms with Crippen LogP contribution in [-0.2, 0) is 4.79 Å². The normalized spacial score (nSPS) is 14.7. The highest BCUT2D eigenvalue weighted by Gasteiger charge is 2.19. The highest BCUT2D eigenvalue weighted by molar-refractivity contribution is 7.99. The van der Waals surface area contributed by atoms with Gasteiger partial charge in [-0.05, 0) is 37.1 Å². The quantitative estimate of drug-likeness (QED) is 0.423. The van der Waals surface area contributed by atoms with Gasteiger partial charge in [-0.3, -0.25) is 9.36 Å². The maximum Gasteiger partial charge on any atom is 0.230 e. The van der Waals surface area contributed by atoms with Crippen LogP contribution in [0.4, 0.5) is 0 Å². The van der Waals surface area contributed by atoms with Crippen LogP contribution in [0.2, 0.25) is 0 Å². The van der Waals surface area contributed by atoms with Crippen molar-refractivity contribution in [1.29, 1.82) is 0 Å². The Hall–Kier alpha value is -2.80. The third-order valence-corrected chi connectivity index (χ3v) is 6.48. The number of methoxy groups -OCH3 is 1. The van der Waals surface area contributed by atoms with Crippen LogP contribution in [-0.4, -0.2) is 39.6 Å². The van der Waals surface area contributed by atoms with Gasteiger partial charge in [0.05, 0.1) is 12.9 Å². The van der Waals surface area contributed by atoms with Gasteiger partial charge in [-0.1, -0.05) is 67.8 Å². The summed E-state index contributed by atoms with van der Waals surface area (Å²) in [4.78, 5) is 12.6. The van der Waals surface area contributed by atoms with Crippen molar-refractivity contribution in [2.75, 3.05) is 12.9 Å². The second-order valence-corrected chi connectivity index (χ2v) is 8.69. The summed E-state index contributed by atoms with van der Waals surface area (Å²) in [5, 5.41) is 12.8. The number of rotatable bonds is 7. The number of nitrogens with zero attached hydrogens (tertiary/aromatic N) is 3. The van der Waals surface area contributed by atoms with Gasteiger partial charge >= 0.3 is 0 Å². The number of aromatic nitrogens is 3. The molecule has 162 valence electrons. The van der Waals surface area contributed by atoms with Gasteiger partial charge in [-0.15, -0.1) is 10.2 Å². The Balaban J connectivity index is 1.54. The summed E-state index contributed by atoms with van der Waals surface area (Å²) in [7, 11) is 1.65. The molecule has 1 aliphatic rings. The summed E-state index contributed by atoms with van der Waals surface area (Å²) in [5.41, 5.74) is 1.90. The predicted octanol–water partition coefficient (Wildman–Crippen LogP) is 4.87. The first-order chi connectivity index (χ1) is 15.2. The summed E-state index contributed by atoms with van der Waals surface area (Å²) in [5.74, 6) is 1.91. The molecule has 1 aromatic heterocycles. The van der Waals surface area contributed by atoms with Crippen LogP contribution in [0.15, 0.2) is 59.8 Å². The van der Waals surface area contributed by atoms with E-state index in [1.165, 1.54) is 37.4 Å². The molecule has 31 heavy (non-hydrogen) atoms. The van der Waals surface area contributed by atoms with Gasteiger partial charge in [0.25, 0.3) is 0 Å². The van der Waals surface area contributed by atoms with E-state index in [4.69, 9.17) is 4.74 Å². The highest BCUT2D eigenvalue weighted by Crippen LogP contribution is 2.29. The van der Waals surface area contributed by atoms with Crippen molar-refractivity contribution in [2.45, 2.75) is 49.7 Å². The molecular weight excluding hydrogens is 408 g/mol. The monoisotopic (exact) mass is 436 g/mol. The first-order valence-corrected chi connectivity index (χ1v) is 11.8. The molecule has 6 nitrogen and oxygen atoms in total. The lowest BCUT2D eigenvalue weighted by Gasteiger charge is -2.16. The summed E-state index contributed by atoms with van der Waals surface area (Å²) < 4.78 is 7.29. The third kappa shape index (κ3) is 5.47. The summed E-state index contributed by atoms with van der Waals surface area (Å²) in [6, 6.07) is 18.0. The summed E-state index contributed by atoms with van der Waals surface area (Å²) in [6.07, 6.45) is 7.10. The van der Waals surface area contributed by atoms with E-state index in [2.05, 4.69) is 15.5 Å². The Morgan fingerprint density at radius 1 is 1.03 bits per heavy atom. The summed E-state index contributed by atoms with van der Waals surface area (Å²) in [6.45, 7) is 0. The lowest BCUT2D eigenvalue weighted by atomic mass is 10.1. The van der Waals surface area contributed by atoms with Gasteiger partial charge in [0.15, 0.2) is 11.0 Å². The van der Waals surface area contributed by atoms with E-state index in [9.17, 15) is 4.79 Å². The maximum absolute atomic E-state index is 12.6. The van der Waals surface area contributed by atoms with Crippen molar-refractivity contribution < 1.29 is 9.53 Å². The van der Waals surface area contributed by atoms with Crippen molar-refractivity contribution in [3.63, 3.8) is 0 Å². The molecule has 1 fully saturated rings. The number of hydrogen-bond donors (Lipinski definition) is 1. The van der Waals surface area contributed by atoms with Crippen LogP contribution < -0.4 is 10.1 Å². The molecule has 7 heteroatoms. The number of hydrogen-bond acceptors (Lipinski definition) is 5. The van der Waals surface area contributed by atoms with Gasteiger partial charge in [-0.2, -0.15) is 0 Å². The van der Waals surface area contributed by atoms with E-state index in [-0.39, 0.29) is 5.91 Å². The number of amides is 1. The standard InChI is InChI=1S/C24H28N4O2S/c1-30-21-15-13-20(14-16-21)28-23(18-9-5-4-6-10-18)26-27-24(28)31-17-22(29)25-19-11-7-2-3-8-12-19/h4-6,9-10,13-16,19H,2-3,7-8,11-12,17H2,1H3,(H,25,29). The van der Waals surface area contributed by atoms with Gasteiger partial charge in [0.2, 0.25) is 5.91 Å². The van der Waals surface area contributed by atoms with Crippen molar-refractivity contribution in [1.82, 2.24) is 20.1 Å². The molecule has 3 aromatic rings. The zero-order chi connectivity index (χ0) is 21.5. The second kappa shape index (κ2) is 10.5. The van der Waals surface area contributed by atoms with Crippen LogP contribution in [0.3, 0.4) is 0 Å². The predicted molar refractivity (Wildman–Crippen MR) is 124 cm³/mol. The van der Waals surface area contributed by atoms with Crippen LogP contribution in [0.1, 0.15) is 38.5 Å². The Morgan fingerprint density at radius 2 is 1.74 bits per heavy atom. The number of ether oxygens (including phenoxy) is 1. The number of carbonyl (C=O) groups is 1. The molecule has 1 N–H and O–H groups in total. The van der Waals surface area contributed by atoms with Crippen LogP contribution in [0.5, 0.6) is 5.75 Å². The topological polar surface area (TPSA) is 69.0 Å². The third-order valence-electron chi connectivity index (χ3n) is 5.55. The molecule has 0 saturated heterocycles. The average Bonchev–Trinajstić information content (AvgIpc) is 3.07. The lowest BCUT2D eigenvalue weighted by molar-refractivity contribution is -0.119. The fraction of sp³-hybridized carbons (Fsp3) is 0.375. The van der Waals surface area contributed by atoms with Crippen molar-refractivity contribution in [3.8, 4) is 22.8 Å². The van der Waals surface area contributed by atoms with Crippen molar-refractivity contribution in [3.05, 3.63) is 54.6 Å². The van der Waals surface area contributed by atoms with Crippen LogP contribution in [0, 0.1) is 0 Å². The number of carbonyl (C=O) groups excluding carboxylic acids is 1. The first-order valence-electron chi connectivity index (χ1n) is 10.8. The fourth-order valence-corrected chi connectivity index (χ4v) is 4.69. The number of thioether (sulfide) groups is 1. The molecule has 2 aromatic carbocycles. The number of benzene rings is 2. The minimum absolute atomic E-state index is 0.0578. The zero-order valence-electron chi connectivity index (χ0n) is 17.8. The molecular formula is C24H28N4O2S. The van der Waals surface area contributed by atoms with E-state index in [0.29, 0.717) is 17.0 Å². The smallest absolute Gasteiger partial charge is 0.230 e. The SMILES string of the molecule is COc1ccc(-n2c(SCC(=O)NC3CCCCCC3)nnc2-c2ccccc2)cc1. The highest BCUT2D eigenvalue weighted by atomic mass is 32.2. The van der Waals surface area contributed by atoms with Gasteiger partial charge in [0, 0.05) is 17.3 Å². The number of nitrogens with one attached hydrogen (secondary N) is 1. The molecule has 1 heterocycles. The Bertz CT molecular complexity index is 981. The van der Waals surface area contributed by atoms with E-state index < -0.39 is 0 Å². The van der Waals surface area contributed by atoms with Crippen LogP contribution in [0.25, 0.3) is 17.1 Å². The van der Waals surface area contributed by atoms with Gasteiger partial charge in [-0.25, -0.2) is 0 Å². The van der Waals surface area contributed by atoms with E-state index in [1.54, 1.807) is 7.11 Å². The first kappa shape index (κ1) is 21.4. The molecule has 0 unspecified atom stereocenters. The Kier molecular flexibility index (Phi) is 7.25. The molecule has 0 atom stereocenters. The molecule has 4 rings (SSSR count). The van der Waals surface area contributed by atoms with E-state index in [0.717, 1.165) is 35.7 Å².